The van der Waals surface area contributed by atoms with Crippen molar-refractivity contribution in [1.29, 1.82) is 0 Å². The number of hydrogen-bond donors (Lipinski definition) is 2. The molecule has 1 saturated carbocycles. The lowest BCUT2D eigenvalue weighted by Crippen LogP contribution is -2.37. The van der Waals surface area contributed by atoms with Gasteiger partial charge in [-0.05, 0) is 38.3 Å². The molecule has 1 fully saturated rings. The summed E-state index contributed by atoms with van der Waals surface area (Å²) in [6.45, 7) is 12.0. The highest BCUT2D eigenvalue weighted by atomic mass is 16.5. The van der Waals surface area contributed by atoms with Crippen LogP contribution in [-0.2, 0) is 4.74 Å². The van der Waals surface area contributed by atoms with Crippen LogP contribution in [0.2, 0.25) is 0 Å². The van der Waals surface area contributed by atoms with E-state index in [0.29, 0.717) is 19.3 Å². The van der Waals surface area contributed by atoms with E-state index in [0.717, 1.165) is 44.9 Å². The second kappa shape index (κ2) is 11.4. The molecule has 1 aliphatic carbocycles. The molecule has 0 saturated heterocycles. The monoisotopic (exact) mass is 300 g/mol. The number of ether oxygens (including phenoxy) is 1. The van der Waals surface area contributed by atoms with Gasteiger partial charge in [0.15, 0.2) is 0 Å². The lowest BCUT2D eigenvalue weighted by Gasteiger charge is -2.27. The van der Waals surface area contributed by atoms with Crippen molar-refractivity contribution in [2.75, 3.05) is 39.3 Å². The molecule has 0 aromatic carbocycles. The Labute approximate surface area is 131 Å². The average molecular weight is 300 g/mol. The molecule has 1 rings (SSSR count). The Morgan fingerprint density at radius 3 is 2.76 bits per heavy atom. The number of nitrogens with one attached hydrogen (secondary N) is 1. The summed E-state index contributed by atoms with van der Waals surface area (Å²) in [6, 6.07) is 0. The Morgan fingerprint density at radius 1 is 1.29 bits per heavy atom. The van der Waals surface area contributed by atoms with Gasteiger partial charge in [-0.3, -0.25) is 0 Å². The lowest BCUT2D eigenvalue weighted by atomic mass is 9.89. The van der Waals surface area contributed by atoms with Crippen molar-refractivity contribution in [1.82, 2.24) is 10.2 Å². The Bertz CT molecular complexity index is 251. The van der Waals surface area contributed by atoms with Crippen LogP contribution in [0.5, 0.6) is 0 Å². The molecular weight excluding hydrogens is 264 g/mol. The fraction of sp³-hybridized carbons (Fsp3) is 1.00. The molecule has 0 aliphatic heterocycles. The van der Waals surface area contributed by atoms with Gasteiger partial charge in [0.05, 0.1) is 18.8 Å². The van der Waals surface area contributed by atoms with Gasteiger partial charge in [0, 0.05) is 19.6 Å². The van der Waals surface area contributed by atoms with E-state index in [-0.39, 0.29) is 6.10 Å². The molecule has 3 unspecified atom stereocenters. The maximum Gasteiger partial charge on any atom is 0.0897 e. The third kappa shape index (κ3) is 8.77. The van der Waals surface area contributed by atoms with Crippen LogP contribution < -0.4 is 5.32 Å². The molecule has 4 heteroatoms. The van der Waals surface area contributed by atoms with Gasteiger partial charge in [0.1, 0.15) is 0 Å². The number of rotatable bonds is 11. The first-order chi connectivity index (χ1) is 10.2. The molecular formula is C17H36N2O2. The SMILES string of the molecule is CCCN(CC)CCNCC(O)COC1CCCC(C)C1. The summed E-state index contributed by atoms with van der Waals surface area (Å²) >= 11 is 0. The maximum atomic E-state index is 9.97. The third-order valence-corrected chi connectivity index (χ3v) is 4.38. The van der Waals surface area contributed by atoms with E-state index < -0.39 is 0 Å². The first-order valence-electron chi connectivity index (χ1n) is 8.88. The number of hydrogen-bond acceptors (Lipinski definition) is 4. The van der Waals surface area contributed by atoms with Crippen molar-refractivity contribution in [2.45, 2.75) is 65.1 Å². The second-order valence-electron chi connectivity index (χ2n) is 6.52. The minimum atomic E-state index is -0.386. The van der Waals surface area contributed by atoms with Crippen LogP contribution in [-0.4, -0.2) is 61.5 Å². The fourth-order valence-corrected chi connectivity index (χ4v) is 3.09. The Morgan fingerprint density at radius 2 is 2.10 bits per heavy atom. The summed E-state index contributed by atoms with van der Waals surface area (Å²) in [5, 5.41) is 13.3. The van der Waals surface area contributed by atoms with E-state index >= 15 is 0 Å². The highest BCUT2D eigenvalue weighted by molar-refractivity contribution is 4.71. The standard InChI is InChI=1S/C17H36N2O2/c1-4-10-19(5-2)11-9-18-13-16(20)14-21-17-8-6-7-15(3)12-17/h15-18,20H,4-14H2,1-3H3. The van der Waals surface area contributed by atoms with Gasteiger partial charge < -0.3 is 20.1 Å². The van der Waals surface area contributed by atoms with Crippen LogP contribution >= 0.6 is 0 Å². The van der Waals surface area contributed by atoms with E-state index in [4.69, 9.17) is 4.74 Å². The molecule has 0 bridgehead atoms. The molecule has 21 heavy (non-hydrogen) atoms. The first kappa shape index (κ1) is 18.9. The smallest absolute Gasteiger partial charge is 0.0897 e. The number of aliphatic hydroxyl groups is 1. The van der Waals surface area contributed by atoms with Crippen LogP contribution in [0, 0.1) is 5.92 Å². The van der Waals surface area contributed by atoms with Gasteiger partial charge in [0.25, 0.3) is 0 Å². The van der Waals surface area contributed by atoms with Gasteiger partial charge in [0.2, 0.25) is 0 Å². The van der Waals surface area contributed by atoms with Crippen LogP contribution in [0.4, 0.5) is 0 Å². The Kier molecular flexibility index (Phi) is 10.3. The predicted molar refractivity (Wildman–Crippen MR) is 88.7 cm³/mol. The lowest BCUT2D eigenvalue weighted by molar-refractivity contribution is -0.0306. The molecule has 0 spiro atoms. The minimum absolute atomic E-state index is 0.364. The topological polar surface area (TPSA) is 44.7 Å². The van der Waals surface area contributed by atoms with E-state index in [1.165, 1.54) is 19.3 Å². The van der Waals surface area contributed by atoms with Crippen molar-refractivity contribution < 1.29 is 9.84 Å². The summed E-state index contributed by atoms with van der Waals surface area (Å²) in [7, 11) is 0. The highest BCUT2D eigenvalue weighted by Gasteiger charge is 2.20. The molecule has 0 amide bonds. The van der Waals surface area contributed by atoms with Crippen molar-refractivity contribution in [2.24, 2.45) is 5.92 Å². The molecule has 3 atom stereocenters. The van der Waals surface area contributed by atoms with E-state index in [2.05, 4.69) is 31.0 Å². The molecule has 0 heterocycles. The van der Waals surface area contributed by atoms with Crippen molar-refractivity contribution in [3.8, 4) is 0 Å². The van der Waals surface area contributed by atoms with Gasteiger partial charge in [-0.25, -0.2) is 0 Å². The van der Waals surface area contributed by atoms with E-state index in [1.54, 1.807) is 0 Å². The van der Waals surface area contributed by atoms with Gasteiger partial charge >= 0.3 is 0 Å². The average Bonchev–Trinajstić information content (AvgIpc) is 2.48. The number of aliphatic hydroxyl groups excluding tert-OH is 1. The zero-order valence-electron chi connectivity index (χ0n) is 14.3. The predicted octanol–water partition coefficient (Wildman–Crippen LogP) is 2.26. The zero-order chi connectivity index (χ0) is 15.5. The fourth-order valence-electron chi connectivity index (χ4n) is 3.09. The molecule has 2 N–H and O–H groups in total. The Balaban J connectivity index is 2.01. The van der Waals surface area contributed by atoms with Gasteiger partial charge in [-0.15, -0.1) is 0 Å². The highest BCUT2D eigenvalue weighted by Crippen LogP contribution is 2.25. The van der Waals surface area contributed by atoms with Crippen LogP contribution in [0.1, 0.15) is 52.9 Å². The van der Waals surface area contributed by atoms with Crippen LogP contribution in [0.3, 0.4) is 0 Å². The summed E-state index contributed by atoms with van der Waals surface area (Å²) in [6.07, 6.45) is 6.09. The van der Waals surface area contributed by atoms with Crippen molar-refractivity contribution in [3.63, 3.8) is 0 Å². The largest absolute Gasteiger partial charge is 0.389 e. The first-order valence-corrected chi connectivity index (χ1v) is 8.88. The van der Waals surface area contributed by atoms with Crippen LogP contribution in [0.15, 0.2) is 0 Å². The van der Waals surface area contributed by atoms with Gasteiger partial charge in [-0.1, -0.05) is 33.6 Å². The Hall–Kier alpha value is -0.160. The minimum Gasteiger partial charge on any atom is -0.389 e. The zero-order valence-corrected chi connectivity index (χ0v) is 14.3. The summed E-state index contributed by atoms with van der Waals surface area (Å²) in [5.41, 5.74) is 0. The van der Waals surface area contributed by atoms with Crippen molar-refractivity contribution >= 4 is 0 Å². The molecule has 4 nitrogen and oxygen atoms in total. The number of nitrogens with zero attached hydrogens (tertiary/aromatic N) is 1. The van der Waals surface area contributed by atoms with E-state index in [9.17, 15) is 5.11 Å². The molecule has 0 aromatic rings. The van der Waals surface area contributed by atoms with Crippen molar-refractivity contribution in [3.05, 3.63) is 0 Å². The second-order valence-corrected chi connectivity index (χ2v) is 6.52. The normalized spacial score (nSPS) is 24.4. The summed E-state index contributed by atoms with van der Waals surface area (Å²) in [5.74, 6) is 0.776. The quantitative estimate of drug-likeness (QED) is 0.575. The summed E-state index contributed by atoms with van der Waals surface area (Å²) < 4.78 is 5.85. The number of likely N-dealkylation sites (N-methyl/N-ethyl adjacent to an activating group) is 1. The van der Waals surface area contributed by atoms with E-state index in [1.807, 2.05) is 0 Å². The molecule has 0 radical (unpaired) electrons. The molecule has 126 valence electrons. The molecule has 0 aromatic heterocycles. The molecule has 1 aliphatic rings. The maximum absolute atomic E-state index is 9.97. The van der Waals surface area contributed by atoms with Gasteiger partial charge in [-0.2, -0.15) is 0 Å². The summed E-state index contributed by atoms with van der Waals surface area (Å²) in [4.78, 5) is 2.43. The third-order valence-electron chi connectivity index (χ3n) is 4.38. The van der Waals surface area contributed by atoms with Crippen LogP contribution in [0.25, 0.3) is 0 Å².